The summed E-state index contributed by atoms with van der Waals surface area (Å²) in [5.41, 5.74) is 0.650. The second-order valence-electron chi connectivity index (χ2n) is 5.10. The molecule has 1 heterocycles. The monoisotopic (exact) mass is 183 g/mol. The molecule has 1 aliphatic heterocycles. The Bertz CT molecular complexity index is 172. The Balaban J connectivity index is 0.000000671. The van der Waals surface area contributed by atoms with Crippen LogP contribution < -0.4 is 0 Å². The second-order valence-corrected chi connectivity index (χ2v) is 5.10. The molecule has 0 aromatic heterocycles. The van der Waals surface area contributed by atoms with Crippen molar-refractivity contribution in [1.29, 1.82) is 0 Å². The molecule has 0 spiro atoms. The van der Waals surface area contributed by atoms with Crippen molar-refractivity contribution in [3.63, 3.8) is 0 Å². The minimum Gasteiger partial charge on any atom is -0.372 e. The van der Waals surface area contributed by atoms with Crippen LogP contribution in [0.1, 0.15) is 48.5 Å². The van der Waals surface area contributed by atoms with Gasteiger partial charge in [-0.1, -0.05) is 33.8 Å². The molecule has 0 aliphatic carbocycles. The highest BCUT2D eigenvalue weighted by atomic mass is 15.2. The van der Waals surface area contributed by atoms with Gasteiger partial charge in [0, 0.05) is 17.5 Å². The zero-order chi connectivity index (χ0) is 10.7. The van der Waals surface area contributed by atoms with Gasteiger partial charge in [0.2, 0.25) is 0 Å². The molecular weight excluding hydrogens is 158 g/mol. The summed E-state index contributed by atoms with van der Waals surface area (Å²) in [6, 6.07) is 0. The van der Waals surface area contributed by atoms with E-state index in [0.29, 0.717) is 5.41 Å². The van der Waals surface area contributed by atoms with E-state index < -0.39 is 0 Å². The van der Waals surface area contributed by atoms with Gasteiger partial charge in [0.05, 0.1) is 0 Å². The smallest absolute Gasteiger partial charge is 0.0312 e. The Morgan fingerprint density at radius 2 is 1.62 bits per heavy atom. The van der Waals surface area contributed by atoms with E-state index in [4.69, 9.17) is 0 Å². The molecule has 78 valence electrons. The quantitative estimate of drug-likeness (QED) is 0.554. The van der Waals surface area contributed by atoms with E-state index in [2.05, 4.69) is 51.8 Å². The van der Waals surface area contributed by atoms with Crippen LogP contribution in [-0.4, -0.2) is 17.0 Å². The van der Waals surface area contributed by atoms with Crippen LogP contribution in [0.4, 0.5) is 0 Å². The second kappa shape index (κ2) is 4.17. The highest BCUT2D eigenvalue weighted by molar-refractivity contribution is 5.06. The van der Waals surface area contributed by atoms with Gasteiger partial charge < -0.3 is 4.90 Å². The third kappa shape index (κ3) is 3.84. The number of nitrogens with zero attached hydrogens (tertiary/aromatic N) is 1. The molecule has 0 amide bonds. The molecule has 1 heteroatoms. The van der Waals surface area contributed by atoms with Gasteiger partial charge in [-0.15, -0.1) is 0 Å². The molecule has 1 nitrogen and oxygen atoms in total. The molecule has 0 fully saturated rings. The third-order valence-corrected chi connectivity index (χ3v) is 2.15. The molecule has 0 aromatic rings. The van der Waals surface area contributed by atoms with Crippen molar-refractivity contribution in [1.82, 2.24) is 4.90 Å². The molecule has 0 atom stereocenters. The van der Waals surface area contributed by atoms with E-state index in [1.807, 2.05) is 13.8 Å². The molecule has 1 rings (SSSR count). The van der Waals surface area contributed by atoms with E-state index in [1.165, 1.54) is 0 Å². The maximum absolute atomic E-state index is 2.40. The predicted molar refractivity (Wildman–Crippen MR) is 60.7 cm³/mol. The van der Waals surface area contributed by atoms with E-state index in [1.54, 1.807) is 0 Å². The molecule has 0 saturated heterocycles. The Kier molecular flexibility index (Phi) is 4.02. The summed E-state index contributed by atoms with van der Waals surface area (Å²) in [5, 5.41) is 0. The molecule has 0 unspecified atom stereocenters. The Morgan fingerprint density at radius 3 is 1.77 bits per heavy atom. The van der Waals surface area contributed by atoms with Crippen LogP contribution in [0.3, 0.4) is 0 Å². The van der Waals surface area contributed by atoms with Crippen LogP contribution in [0.2, 0.25) is 0 Å². The summed E-state index contributed by atoms with van der Waals surface area (Å²) in [5.74, 6) is 0. The van der Waals surface area contributed by atoms with Crippen molar-refractivity contribution < 1.29 is 0 Å². The van der Waals surface area contributed by atoms with Gasteiger partial charge in [-0.3, -0.25) is 0 Å². The fraction of sp³-hybridized carbons (Fsp3) is 0.833. The summed E-state index contributed by atoms with van der Waals surface area (Å²) in [6.07, 6.45) is 4.51. The number of hydrogen-bond donors (Lipinski definition) is 0. The molecule has 0 saturated carbocycles. The topological polar surface area (TPSA) is 3.24 Å². The van der Waals surface area contributed by atoms with Gasteiger partial charge in [0.15, 0.2) is 0 Å². The highest BCUT2D eigenvalue weighted by Gasteiger charge is 2.29. The molecule has 13 heavy (non-hydrogen) atoms. The van der Waals surface area contributed by atoms with E-state index in [9.17, 15) is 0 Å². The van der Waals surface area contributed by atoms with Crippen molar-refractivity contribution >= 4 is 0 Å². The first kappa shape index (κ1) is 12.5. The summed E-state index contributed by atoms with van der Waals surface area (Å²) >= 11 is 0. The maximum atomic E-state index is 2.40. The fourth-order valence-corrected chi connectivity index (χ4v) is 1.30. The molecule has 1 aliphatic rings. The lowest BCUT2D eigenvalue weighted by Crippen LogP contribution is -2.38. The molecule has 0 aromatic carbocycles. The lowest BCUT2D eigenvalue weighted by atomic mass is 9.95. The van der Waals surface area contributed by atoms with Gasteiger partial charge in [0.1, 0.15) is 0 Å². The Morgan fingerprint density at radius 1 is 1.15 bits per heavy atom. The van der Waals surface area contributed by atoms with Gasteiger partial charge in [0.25, 0.3) is 0 Å². The summed E-state index contributed by atoms with van der Waals surface area (Å²) in [7, 11) is 0. The van der Waals surface area contributed by atoms with Crippen LogP contribution in [0.25, 0.3) is 0 Å². The lowest BCUT2D eigenvalue weighted by Gasteiger charge is -2.34. The average Bonchev–Trinajstić information content (AvgIpc) is 2.33. The van der Waals surface area contributed by atoms with E-state index >= 15 is 0 Å². The first-order valence-corrected chi connectivity index (χ1v) is 5.27. The Hall–Kier alpha value is -0.460. The summed E-state index contributed by atoms with van der Waals surface area (Å²) < 4.78 is 0. The molecule has 0 N–H and O–H groups in total. The maximum Gasteiger partial charge on any atom is 0.0312 e. The molecule has 0 radical (unpaired) electrons. The van der Waals surface area contributed by atoms with Gasteiger partial charge in [-0.05, 0) is 27.0 Å². The predicted octanol–water partition coefficient (Wildman–Crippen LogP) is 3.67. The normalized spacial score (nSPS) is 19.8. The van der Waals surface area contributed by atoms with Crippen molar-refractivity contribution in [2.75, 3.05) is 6.54 Å². The van der Waals surface area contributed by atoms with Crippen LogP contribution in [0.5, 0.6) is 0 Å². The third-order valence-electron chi connectivity index (χ3n) is 2.15. The van der Waals surface area contributed by atoms with Crippen molar-refractivity contribution in [2.45, 2.75) is 54.0 Å². The lowest BCUT2D eigenvalue weighted by molar-refractivity contribution is 0.186. The summed E-state index contributed by atoms with van der Waals surface area (Å²) in [6.45, 7) is 16.4. The largest absolute Gasteiger partial charge is 0.372 e. The van der Waals surface area contributed by atoms with Crippen LogP contribution in [-0.2, 0) is 0 Å². The zero-order valence-electron chi connectivity index (χ0n) is 10.3. The van der Waals surface area contributed by atoms with Gasteiger partial charge in [-0.25, -0.2) is 0 Å². The molecular formula is C12H25N. The highest BCUT2D eigenvalue weighted by Crippen LogP contribution is 2.30. The first-order valence-electron chi connectivity index (χ1n) is 5.27. The molecule has 0 bridgehead atoms. The van der Waals surface area contributed by atoms with E-state index in [0.717, 1.165) is 6.54 Å². The van der Waals surface area contributed by atoms with Crippen LogP contribution in [0, 0.1) is 5.41 Å². The van der Waals surface area contributed by atoms with Crippen molar-refractivity contribution in [2.24, 2.45) is 5.41 Å². The van der Waals surface area contributed by atoms with Gasteiger partial charge >= 0.3 is 0 Å². The minimum atomic E-state index is 0.282. The minimum absolute atomic E-state index is 0.282. The first-order chi connectivity index (χ1) is 5.81. The van der Waals surface area contributed by atoms with Crippen molar-refractivity contribution in [3.05, 3.63) is 12.3 Å². The Labute approximate surface area is 83.8 Å². The van der Waals surface area contributed by atoms with Gasteiger partial charge in [-0.2, -0.15) is 0 Å². The van der Waals surface area contributed by atoms with Crippen molar-refractivity contribution in [3.8, 4) is 0 Å². The number of rotatable bonds is 0. The average molecular weight is 183 g/mol. The SMILES string of the molecule is CC.CC1(C)C=CN(C(C)(C)C)C1. The standard InChI is InChI=1S/C10H19N.C2H6/c1-9(2,3)11-7-6-10(4,5)8-11;1-2/h6-7H,8H2,1-5H3;1-2H3. The van der Waals surface area contributed by atoms with E-state index in [-0.39, 0.29) is 5.54 Å². The summed E-state index contributed by atoms with van der Waals surface area (Å²) in [4.78, 5) is 2.40. The zero-order valence-corrected chi connectivity index (χ0v) is 10.3. The van der Waals surface area contributed by atoms with Crippen LogP contribution >= 0.6 is 0 Å². The van der Waals surface area contributed by atoms with Crippen LogP contribution in [0.15, 0.2) is 12.3 Å². The number of hydrogen-bond acceptors (Lipinski definition) is 1. The fourth-order valence-electron chi connectivity index (χ4n) is 1.30.